The van der Waals surface area contributed by atoms with Gasteiger partial charge in [-0.3, -0.25) is 0 Å². The molecule has 0 unspecified atom stereocenters. The quantitative estimate of drug-likeness (QED) is 0.423. The topological polar surface area (TPSA) is 38.5 Å². The second-order valence-electron chi connectivity index (χ2n) is 1.39. The summed E-state index contributed by atoms with van der Waals surface area (Å²) >= 11 is 0. The van der Waals surface area contributed by atoms with Crippen LogP contribution in [0.5, 0.6) is 0 Å². The molecule has 40 valence electrons. The van der Waals surface area contributed by atoms with E-state index in [0.717, 1.165) is 6.54 Å². The van der Waals surface area contributed by atoms with Crippen LogP contribution in [0.15, 0.2) is 12.5 Å². The summed E-state index contributed by atoms with van der Waals surface area (Å²) in [5.74, 6) is 5.30. The number of hydrazine groups is 1. The van der Waals surface area contributed by atoms with Crippen LogP contribution >= 0.6 is 0 Å². The molecule has 3 heteroatoms. The summed E-state index contributed by atoms with van der Waals surface area (Å²) in [7, 11) is 0. The number of nitrogens with two attached hydrogens (primary N) is 1. The average Bonchev–Trinajstić information content (AvgIpc) is 1.69. The van der Waals surface area contributed by atoms with Crippen molar-refractivity contribution in [3.05, 3.63) is 12.5 Å². The normalized spacial score (nSPS) is 19.3. The number of rotatable bonds is 0. The maximum absolute atomic E-state index is 5.30. The molecule has 0 spiro atoms. The molecule has 0 saturated carbocycles. The summed E-state index contributed by atoms with van der Waals surface area (Å²) in [4.78, 5) is 0. The number of hydrogen-bond donors (Lipinski definition) is 1. The van der Waals surface area contributed by atoms with Gasteiger partial charge in [0, 0.05) is 0 Å². The van der Waals surface area contributed by atoms with Crippen LogP contribution < -0.4 is 5.84 Å². The zero-order valence-electron chi connectivity index (χ0n) is 4.00. The zero-order chi connectivity index (χ0) is 5.11. The Hall–Kier alpha value is -0.700. The summed E-state index contributed by atoms with van der Waals surface area (Å²) in [6.45, 7) is 1.49. The molecule has 0 bridgehead atoms. The van der Waals surface area contributed by atoms with Gasteiger partial charge in [-0.2, -0.15) is 0 Å². The Balaban J connectivity index is 2.36. The van der Waals surface area contributed by atoms with Crippen LogP contribution in [0.2, 0.25) is 0 Å². The van der Waals surface area contributed by atoms with E-state index < -0.39 is 0 Å². The van der Waals surface area contributed by atoms with Gasteiger partial charge in [0.1, 0.15) is 12.9 Å². The first-order valence-corrected chi connectivity index (χ1v) is 2.19. The minimum absolute atomic E-state index is 0.701. The van der Waals surface area contributed by atoms with Gasteiger partial charge in [-0.15, -0.1) is 0 Å². The SMILES string of the molecule is NN1C=COCC1. The third-order valence-electron chi connectivity index (χ3n) is 0.816. The highest BCUT2D eigenvalue weighted by atomic mass is 16.5. The molecule has 1 aliphatic rings. The van der Waals surface area contributed by atoms with Gasteiger partial charge in [0.2, 0.25) is 0 Å². The van der Waals surface area contributed by atoms with Crippen LogP contribution in [-0.4, -0.2) is 18.2 Å². The number of hydrogen-bond acceptors (Lipinski definition) is 3. The summed E-state index contributed by atoms with van der Waals surface area (Å²) in [6.07, 6.45) is 3.28. The summed E-state index contributed by atoms with van der Waals surface area (Å²) < 4.78 is 4.84. The summed E-state index contributed by atoms with van der Waals surface area (Å²) in [6, 6.07) is 0. The van der Waals surface area contributed by atoms with Gasteiger partial charge >= 0.3 is 0 Å². The van der Waals surface area contributed by atoms with E-state index in [-0.39, 0.29) is 0 Å². The van der Waals surface area contributed by atoms with Crippen LogP contribution in [0.4, 0.5) is 0 Å². The Labute approximate surface area is 42.3 Å². The molecule has 0 aromatic heterocycles. The predicted octanol–water partition coefficient (Wildman–Crippen LogP) is -0.337. The Morgan fingerprint density at radius 1 is 1.71 bits per heavy atom. The smallest absolute Gasteiger partial charge is 0.106 e. The van der Waals surface area contributed by atoms with Crippen molar-refractivity contribution >= 4 is 0 Å². The van der Waals surface area contributed by atoms with E-state index in [1.807, 2.05) is 0 Å². The van der Waals surface area contributed by atoms with E-state index >= 15 is 0 Å². The zero-order valence-corrected chi connectivity index (χ0v) is 4.00. The van der Waals surface area contributed by atoms with Crippen LogP contribution in [-0.2, 0) is 4.74 Å². The van der Waals surface area contributed by atoms with Crippen molar-refractivity contribution in [2.24, 2.45) is 5.84 Å². The molecule has 3 nitrogen and oxygen atoms in total. The van der Waals surface area contributed by atoms with Crippen molar-refractivity contribution in [1.29, 1.82) is 0 Å². The highest BCUT2D eigenvalue weighted by molar-refractivity contribution is 4.74. The van der Waals surface area contributed by atoms with Gasteiger partial charge in [0.25, 0.3) is 0 Å². The molecule has 0 amide bonds. The van der Waals surface area contributed by atoms with Crippen molar-refractivity contribution < 1.29 is 4.74 Å². The van der Waals surface area contributed by atoms with Gasteiger partial charge in [0.05, 0.1) is 12.7 Å². The second kappa shape index (κ2) is 1.84. The van der Waals surface area contributed by atoms with E-state index in [1.54, 1.807) is 17.5 Å². The molecular formula is C4H8N2O. The van der Waals surface area contributed by atoms with Crippen molar-refractivity contribution in [3.63, 3.8) is 0 Å². The van der Waals surface area contributed by atoms with Crippen LogP contribution in [0.1, 0.15) is 0 Å². The van der Waals surface area contributed by atoms with E-state index in [9.17, 15) is 0 Å². The molecule has 1 heterocycles. The third-order valence-corrected chi connectivity index (χ3v) is 0.816. The molecule has 1 aliphatic heterocycles. The van der Waals surface area contributed by atoms with Crippen molar-refractivity contribution in [3.8, 4) is 0 Å². The maximum Gasteiger partial charge on any atom is 0.106 e. The van der Waals surface area contributed by atoms with Crippen LogP contribution in [0.3, 0.4) is 0 Å². The van der Waals surface area contributed by atoms with Gasteiger partial charge in [-0.25, -0.2) is 5.84 Å². The lowest BCUT2D eigenvalue weighted by Gasteiger charge is -2.16. The van der Waals surface area contributed by atoms with Crippen LogP contribution in [0.25, 0.3) is 0 Å². The van der Waals surface area contributed by atoms with Gasteiger partial charge < -0.3 is 9.75 Å². The molecule has 1 rings (SSSR count). The lowest BCUT2D eigenvalue weighted by molar-refractivity contribution is 0.174. The standard InChI is InChI=1S/C4H8N2O/c5-6-1-3-7-4-2-6/h1,3H,2,4-5H2. The first kappa shape index (κ1) is 4.46. The Kier molecular flexibility index (Phi) is 1.17. The molecule has 0 saturated heterocycles. The van der Waals surface area contributed by atoms with Crippen LogP contribution in [0, 0.1) is 0 Å². The first-order chi connectivity index (χ1) is 3.39. The minimum atomic E-state index is 0.701. The first-order valence-electron chi connectivity index (χ1n) is 2.19. The van der Waals surface area contributed by atoms with Gasteiger partial charge in [-0.05, 0) is 0 Å². The molecule has 7 heavy (non-hydrogen) atoms. The fourth-order valence-corrected chi connectivity index (χ4v) is 0.422. The lowest BCUT2D eigenvalue weighted by Crippen LogP contribution is -2.30. The largest absolute Gasteiger partial charge is 0.498 e. The lowest BCUT2D eigenvalue weighted by atomic mass is 10.6. The van der Waals surface area contributed by atoms with Crippen molar-refractivity contribution in [1.82, 2.24) is 5.01 Å². The number of nitrogens with zero attached hydrogens (tertiary/aromatic N) is 1. The molecule has 0 radical (unpaired) electrons. The molecule has 0 aromatic carbocycles. The fourth-order valence-electron chi connectivity index (χ4n) is 0.422. The monoisotopic (exact) mass is 100 g/mol. The molecule has 0 aromatic rings. The van der Waals surface area contributed by atoms with E-state index in [1.165, 1.54) is 0 Å². The maximum atomic E-state index is 5.30. The highest BCUT2D eigenvalue weighted by Gasteiger charge is 1.94. The molecule has 0 atom stereocenters. The Morgan fingerprint density at radius 2 is 2.57 bits per heavy atom. The van der Waals surface area contributed by atoms with Crippen molar-refractivity contribution in [2.45, 2.75) is 0 Å². The molecule has 2 N–H and O–H groups in total. The summed E-state index contributed by atoms with van der Waals surface area (Å²) in [5.41, 5.74) is 0. The van der Waals surface area contributed by atoms with Crippen molar-refractivity contribution in [2.75, 3.05) is 13.2 Å². The number of ether oxygens (including phenoxy) is 1. The minimum Gasteiger partial charge on any atom is -0.498 e. The molecule has 0 aliphatic carbocycles. The van der Waals surface area contributed by atoms with E-state index in [4.69, 9.17) is 10.6 Å². The van der Waals surface area contributed by atoms with E-state index in [2.05, 4.69) is 0 Å². The third kappa shape index (κ3) is 1.08. The highest BCUT2D eigenvalue weighted by Crippen LogP contribution is 1.89. The molecular weight excluding hydrogens is 92.1 g/mol. The summed E-state index contributed by atoms with van der Waals surface area (Å²) in [5, 5.41) is 1.59. The molecule has 0 fully saturated rings. The Morgan fingerprint density at radius 3 is 2.86 bits per heavy atom. The van der Waals surface area contributed by atoms with Gasteiger partial charge in [-0.1, -0.05) is 0 Å². The fraction of sp³-hybridized carbons (Fsp3) is 0.500. The second-order valence-corrected chi connectivity index (χ2v) is 1.39. The van der Waals surface area contributed by atoms with Gasteiger partial charge in [0.15, 0.2) is 0 Å². The predicted molar refractivity (Wildman–Crippen MR) is 26.0 cm³/mol. The van der Waals surface area contributed by atoms with E-state index in [0.29, 0.717) is 6.61 Å². The Bertz CT molecular complexity index is 81.8. The average molecular weight is 100 g/mol.